The van der Waals surface area contributed by atoms with Gasteiger partial charge in [0.05, 0.1) is 18.1 Å². The number of aliphatic hydroxyl groups is 1. The molecule has 2 aromatic heterocycles. The Kier molecular flexibility index (Phi) is 7.59. The highest BCUT2D eigenvalue weighted by Crippen LogP contribution is 2.39. The number of hydrogen-bond acceptors (Lipinski definition) is 8. The minimum Gasteiger partial charge on any atom is -0.390 e. The maximum atomic E-state index is 11.0. The van der Waals surface area contributed by atoms with Crippen LogP contribution < -0.4 is 5.73 Å². The fourth-order valence-electron chi connectivity index (χ4n) is 4.13. The van der Waals surface area contributed by atoms with Gasteiger partial charge in [-0.1, -0.05) is 32.9 Å². The highest BCUT2D eigenvalue weighted by molar-refractivity contribution is 7.99. The van der Waals surface area contributed by atoms with Gasteiger partial charge in [-0.25, -0.2) is 14.5 Å². The lowest BCUT2D eigenvalue weighted by Crippen LogP contribution is -2.25. The summed E-state index contributed by atoms with van der Waals surface area (Å²) in [7, 11) is -4.66. The van der Waals surface area contributed by atoms with E-state index < -0.39 is 32.9 Å². The molecule has 0 radical (unpaired) electrons. The molecule has 1 saturated heterocycles. The van der Waals surface area contributed by atoms with E-state index in [-0.39, 0.29) is 11.8 Å². The SMILES string of the molecule is CC(C)(C)c1ccc(SCCc2cn([C@H]3C[C@H](O)[C@@H](COP(=O)(O)O)O3)c3ncnc(N)c23)cc1. The van der Waals surface area contributed by atoms with E-state index in [0.717, 1.165) is 16.7 Å². The number of hydrogen-bond donors (Lipinski definition) is 4. The van der Waals surface area contributed by atoms with Crippen molar-refractivity contribution < 1.29 is 28.7 Å². The average Bonchev–Trinajstić information content (AvgIpc) is 3.33. The van der Waals surface area contributed by atoms with Crippen LogP contribution in [0.25, 0.3) is 11.0 Å². The van der Waals surface area contributed by atoms with Gasteiger partial charge >= 0.3 is 7.82 Å². The highest BCUT2D eigenvalue weighted by Gasteiger charge is 2.37. The fraction of sp³-hybridized carbons (Fsp3) is 0.478. The number of aryl methyl sites for hydroxylation is 1. The number of phosphoric ester groups is 1. The van der Waals surface area contributed by atoms with Crippen molar-refractivity contribution in [2.75, 3.05) is 18.1 Å². The van der Waals surface area contributed by atoms with Gasteiger partial charge in [-0.05, 0) is 35.1 Å². The molecule has 10 nitrogen and oxygen atoms in total. The van der Waals surface area contributed by atoms with Gasteiger partial charge < -0.3 is 29.9 Å². The van der Waals surface area contributed by atoms with Crippen molar-refractivity contribution in [2.45, 2.75) is 62.4 Å². The van der Waals surface area contributed by atoms with Crippen LogP contribution in [-0.2, 0) is 25.7 Å². The molecule has 3 heterocycles. The zero-order chi connectivity index (χ0) is 25.4. The van der Waals surface area contributed by atoms with Crippen molar-refractivity contribution in [3.05, 3.63) is 47.9 Å². The van der Waals surface area contributed by atoms with Gasteiger partial charge in [0.1, 0.15) is 30.1 Å². The molecule has 1 aliphatic rings. The summed E-state index contributed by atoms with van der Waals surface area (Å²) in [4.78, 5) is 27.6. The van der Waals surface area contributed by atoms with E-state index in [1.807, 2.05) is 6.20 Å². The average molecular weight is 523 g/mol. The third-order valence-corrected chi connectivity index (χ3v) is 7.50. The Labute approximate surface area is 208 Å². The third kappa shape index (κ3) is 6.24. The number of aromatic nitrogens is 3. The largest absolute Gasteiger partial charge is 0.469 e. The second kappa shape index (κ2) is 10.2. The summed E-state index contributed by atoms with van der Waals surface area (Å²) in [6.07, 6.45) is 1.81. The number of aliphatic hydroxyl groups excluding tert-OH is 1. The molecule has 12 heteroatoms. The number of thioether (sulfide) groups is 1. The minimum absolute atomic E-state index is 0.111. The van der Waals surface area contributed by atoms with Crippen LogP contribution in [0.5, 0.6) is 0 Å². The van der Waals surface area contributed by atoms with Crippen LogP contribution in [-0.4, -0.2) is 54.0 Å². The molecular formula is C23H31N4O6PS. The Bertz CT molecular complexity index is 1220. The molecule has 3 atom stereocenters. The second-order valence-corrected chi connectivity index (χ2v) is 12.0. The molecule has 1 aromatic carbocycles. The molecule has 0 aliphatic carbocycles. The van der Waals surface area contributed by atoms with Crippen molar-refractivity contribution in [1.29, 1.82) is 0 Å². The number of rotatable bonds is 8. The predicted molar refractivity (Wildman–Crippen MR) is 134 cm³/mol. The van der Waals surface area contributed by atoms with Crippen LogP contribution >= 0.6 is 19.6 Å². The van der Waals surface area contributed by atoms with Crippen molar-refractivity contribution >= 4 is 36.4 Å². The monoisotopic (exact) mass is 522 g/mol. The molecule has 0 unspecified atom stereocenters. The first-order chi connectivity index (χ1) is 16.4. The van der Waals surface area contributed by atoms with Crippen LogP contribution in [0.1, 0.15) is 44.5 Å². The zero-order valence-corrected chi connectivity index (χ0v) is 21.6. The number of benzene rings is 1. The van der Waals surface area contributed by atoms with E-state index in [9.17, 15) is 9.67 Å². The Morgan fingerprint density at radius 3 is 2.63 bits per heavy atom. The van der Waals surface area contributed by atoms with Crippen molar-refractivity contribution in [2.24, 2.45) is 0 Å². The quantitative estimate of drug-likeness (QED) is 0.256. The van der Waals surface area contributed by atoms with E-state index in [0.29, 0.717) is 17.9 Å². The molecule has 1 fully saturated rings. The number of ether oxygens (including phenoxy) is 1. The number of nitrogens with zero attached hydrogens (tertiary/aromatic N) is 3. The maximum absolute atomic E-state index is 11.0. The Hall–Kier alpha value is -1.98. The lowest BCUT2D eigenvalue weighted by molar-refractivity contribution is -0.0422. The minimum atomic E-state index is -4.66. The zero-order valence-electron chi connectivity index (χ0n) is 19.9. The van der Waals surface area contributed by atoms with E-state index in [2.05, 4.69) is 59.5 Å². The first-order valence-corrected chi connectivity index (χ1v) is 13.8. The van der Waals surface area contributed by atoms with E-state index in [1.54, 1.807) is 16.3 Å². The number of fused-ring (bicyclic) bond motifs is 1. The molecular weight excluding hydrogens is 491 g/mol. The lowest BCUT2D eigenvalue weighted by Gasteiger charge is -2.19. The molecule has 0 spiro atoms. The fourth-order valence-corrected chi connectivity index (χ4v) is 5.36. The van der Waals surface area contributed by atoms with Gasteiger partial charge in [-0.3, -0.25) is 4.52 Å². The topological polar surface area (TPSA) is 153 Å². The van der Waals surface area contributed by atoms with Crippen LogP contribution in [0.2, 0.25) is 0 Å². The van der Waals surface area contributed by atoms with Crippen LogP contribution in [0.15, 0.2) is 41.7 Å². The van der Waals surface area contributed by atoms with Crippen molar-refractivity contribution in [3.8, 4) is 0 Å². The van der Waals surface area contributed by atoms with Gasteiger partial charge in [0.2, 0.25) is 0 Å². The summed E-state index contributed by atoms with van der Waals surface area (Å²) < 4.78 is 23.2. The summed E-state index contributed by atoms with van der Waals surface area (Å²) in [5, 5.41) is 11.1. The maximum Gasteiger partial charge on any atom is 0.469 e. The summed E-state index contributed by atoms with van der Waals surface area (Å²) in [6.45, 7) is 6.15. The second-order valence-electron chi connectivity index (χ2n) is 9.61. The number of phosphoric acid groups is 1. The molecule has 190 valence electrons. The Morgan fingerprint density at radius 2 is 1.97 bits per heavy atom. The molecule has 0 saturated carbocycles. The molecule has 3 aromatic rings. The Balaban J connectivity index is 1.49. The summed E-state index contributed by atoms with van der Waals surface area (Å²) >= 11 is 1.75. The van der Waals surface area contributed by atoms with E-state index in [1.165, 1.54) is 16.8 Å². The first kappa shape index (κ1) is 26.1. The smallest absolute Gasteiger partial charge is 0.390 e. The molecule has 5 N–H and O–H groups in total. The number of anilines is 1. The van der Waals surface area contributed by atoms with Crippen LogP contribution in [0.4, 0.5) is 5.82 Å². The van der Waals surface area contributed by atoms with Gasteiger partial charge in [-0.2, -0.15) is 0 Å². The van der Waals surface area contributed by atoms with Crippen molar-refractivity contribution in [3.63, 3.8) is 0 Å². The first-order valence-electron chi connectivity index (χ1n) is 11.3. The number of nitrogens with two attached hydrogens (primary N) is 1. The highest BCUT2D eigenvalue weighted by atomic mass is 32.2. The van der Waals surface area contributed by atoms with Crippen LogP contribution in [0.3, 0.4) is 0 Å². The summed E-state index contributed by atoms with van der Waals surface area (Å²) in [6, 6.07) is 8.60. The Morgan fingerprint density at radius 1 is 1.26 bits per heavy atom. The summed E-state index contributed by atoms with van der Waals surface area (Å²) in [5.41, 5.74) is 9.14. The molecule has 0 amide bonds. The number of nitrogen functional groups attached to an aromatic ring is 1. The predicted octanol–water partition coefficient (Wildman–Crippen LogP) is 3.40. The summed E-state index contributed by atoms with van der Waals surface area (Å²) in [5.74, 6) is 1.18. The van der Waals surface area contributed by atoms with E-state index in [4.69, 9.17) is 20.3 Å². The molecule has 0 bridgehead atoms. The lowest BCUT2D eigenvalue weighted by atomic mass is 9.87. The van der Waals surface area contributed by atoms with Gasteiger partial charge in [0.15, 0.2) is 0 Å². The van der Waals surface area contributed by atoms with Crippen LogP contribution in [0, 0.1) is 0 Å². The van der Waals surface area contributed by atoms with E-state index >= 15 is 0 Å². The molecule has 1 aliphatic heterocycles. The van der Waals surface area contributed by atoms with Gasteiger partial charge in [0.25, 0.3) is 0 Å². The standard InChI is InChI=1S/C23H31N4O6PS/c1-23(2,3)15-4-6-16(7-5-15)35-9-8-14-11-27(22-20(14)21(24)25-13-26-22)19-10-17(28)18(33-19)12-32-34(29,30)31/h4-7,11,13,17-19,28H,8-10,12H2,1-3H3,(H2,24,25,26)(H2,29,30,31)/t17-,18+,19+/m0/s1. The molecule has 4 rings (SSSR count). The van der Waals surface area contributed by atoms with Crippen molar-refractivity contribution in [1.82, 2.24) is 14.5 Å². The molecule has 35 heavy (non-hydrogen) atoms. The third-order valence-electron chi connectivity index (χ3n) is 6.00. The normalized spacial score (nSPS) is 21.1. The van der Waals surface area contributed by atoms with Gasteiger partial charge in [-0.15, -0.1) is 11.8 Å². The van der Waals surface area contributed by atoms with Gasteiger partial charge in [0, 0.05) is 23.3 Å².